The molecule has 122 valence electrons. The summed E-state index contributed by atoms with van der Waals surface area (Å²) in [5, 5.41) is 3.50. The Labute approximate surface area is 131 Å². The van der Waals surface area contributed by atoms with Crippen LogP contribution in [0.15, 0.2) is 6.20 Å². The van der Waals surface area contributed by atoms with E-state index in [9.17, 15) is 9.59 Å². The average Bonchev–Trinajstić information content (AvgIpc) is 2.86. The lowest BCUT2D eigenvalue weighted by Crippen LogP contribution is -2.57. The van der Waals surface area contributed by atoms with Crippen LogP contribution in [0.5, 0.6) is 0 Å². The van der Waals surface area contributed by atoms with Crippen molar-refractivity contribution < 1.29 is 9.59 Å². The number of nitrogens with one attached hydrogen (secondary N) is 2. The van der Waals surface area contributed by atoms with Crippen molar-refractivity contribution in [3.63, 3.8) is 0 Å². The van der Waals surface area contributed by atoms with Gasteiger partial charge in [0.15, 0.2) is 0 Å². The second-order valence-electron chi connectivity index (χ2n) is 6.25. The molecule has 6 nitrogen and oxygen atoms in total. The van der Waals surface area contributed by atoms with Crippen LogP contribution in [-0.2, 0) is 4.79 Å². The lowest BCUT2D eigenvalue weighted by atomic mass is 9.96. The van der Waals surface area contributed by atoms with Crippen LogP contribution in [0, 0.1) is 6.92 Å². The summed E-state index contributed by atoms with van der Waals surface area (Å²) < 4.78 is 0. The number of H-pyrrole nitrogens is 1. The van der Waals surface area contributed by atoms with Gasteiger partial charge < -0.3 is 20.9 Å². The summed E-state index contributed by atoms with van der Waals surface area (Å²) in [5.41, 5.74) is 7.32. The van der Waals surface area contributed by atoms with Gasteiger partial charge in [-0.15, -0.1) is 0 Å². The maximum absolute atomic E-state index is 12.8. The van der Waals surface area contributed by atoms with E-state index < -0.39 is 5.91 Å². The molecule has 0 aliphatic carbocycles. The van der Waals surface area contributed by atoms with Gasteiger partial charge in [-0.05, 0) is 38.3 Å². The summed E-state index contributed by atoms with van der Waals surface area (Å²) in [7, 11) is 0. The molecule has 0 saturated carbocycles. The van der Waals surface area contributed by atoms with E-state index in [1.165, 1.54) is 0 Å². The smallest absolute Gasteiger partial charge is 0.265 e. The molecule has 3 atom stereocenters. The van der Waals surface area contributed by atoms with E-state index in [0.717, 1.165) is 24.1 Å². The molecule has 1 saturated heterocycles. The number of amides is 2. The lowest BCUT2D eigenvalue weighted by molar-refractivity contribution is -0.134. The van der Waals surface area contributed by atoms with Crippen molar-refractivity contribution in [1.29, 1.82) is 0 Å². The first-order valence-electron chi connectivity index (χ1n) is 7.87. The highest BCUT2D eigenvalue weighted by Crippen LogP contribution is 2.25. The first-order valence-corrected chi connectivity index (χ1v) is 7.87. The Bertz CT molecular complexity index is 566. The Hall–Kier alpha value is -1.82. The molecule has 1 aliphatic rings. The van der Waals surface area contributed by atoms with Gasteiger partial charge in [0.1, 0.15) is 5.69 Å². The maximum Gasteiger partial charge on any atom is 0.265 e. The minimum atomic E-state index is -0.495. The van der Waals surface area contributed by atoms with Crippen molar-refractivity contribution in [1.82, 2.24) is 15.2 Å². The standard InChI is InChI=1S/C16H26N4O2/c1-5-12-8-20(7-9(2)19-12)16(22)11(4)13-6-18-14(10(13)3)15(17)21/h6,9,11-12,18-19H,5,7-8H2,1-4H3,(H2,17,21). The van der Waals surface area contributed by atoms with Crippen LogP contribution >= 0.6 is 0 Å². The molecule has 0 bridgehead atoms. The molecular weight excluding hydrogens is 280 g/mol. The largest absolute Gasteiger partial charge is 0.364 e. The predicted octanol–water partition coefficient (Wildman–Crippen LogP) is 1.12. The lowest BCUT2D eigenvalue weighted by Gasteiger charge is -2.38. The number of nitrogens with two attached hydrogens (primary N) is 1. The molecule has 0 aromatic carbocycles. The molecule has 6 heteroatoms. The van der Waals surface area contributed by atoms with Crippen LogP contribution in [0.4, 0.5) is 0 Å². The van der Waals surface area contributed by atoms with Gasteiger partial charge in [0.25, 0.3) is 5.91 Å². The molecule has 4 N–H and O–H groups in total. The van der Waals surface area contributed by atoms with Gasteiger partial charge in [-0.25, -0.2) is 0 Å². The Morgan fingerprint density at radius 1 is 1.45 bits per heavy atom. The molecule has 2 amide bonds. The van der Waals surface area contributed by atoms with Gasteiger partial charge in [-0.3, -0.25) is 9.59 Å². The topological polar surface area (TPSA) is 91.2 Å². The number of nitrogens with zero attached hydrogens (tertiary/aromatic N) is 1. The van der Waals surface area contributed by atoms with Crippen LogP contribution < -0.4 is 11.1 Å². The van der Waals surface area contributed by atoms with E-state index in [-0.39, 0.29) is 11.8 Å². The van der Waals surface area contributed by atoms with Gasteiger partial charge in [-0.2, -0.15) is 0 Å². The second kappa shape index (κ2) is 6.52. The van der Waals surface area contributed by atoms with Gasteiger partial charge in [0, 0.05) is 31.4 Å². The number of aromatic nitrogens is 1. The van der Waals surface area contributed by atoms with Gasteiger partial charge in [0.2, 0.25) is 5.91 Å². The second-order valence-corrected chi connectivity index (χ2v) is 6.25. The quantitative estimate of drug-likeness (QED) is 0.778. The summed E-state index contributed by atoms with van der Waals surface area (Å²) in [6.07, 6.45) is 2.72. The SMILES string of the molecule is CCC1CN(C(=O)C(C)c2c[nH]c(C(N)=O)c2C)CC(C)N1. The number of rotatable bonds is 4. The fourth-order valence-electron chi connectivity index (χ4n) is 3.23. The molecule has 2 rings (SSSR count). The summed E-state index contributed by atoms with van der Waals surface area (Å²) in [4.78, 5) is 29.0. The molecule has 1 aliphatic heterocycles. The summed E-state index contributed by atoms with van der Waals surface area (Å²) in [6.45, 7) is 9.38. The van der Waals surface area contributed by atoms with Crippen molar-refractivity contribution in [2.75, 3.05) is 13.1 Å². The summed E-state index contributed by atoms with van der Waals surface area (Å²) in [6, 6.07) is 0.636. The van der Waals surface area contributed by atoms with Gasteiger partial charge in [-0.1, -0.05) is 6.92 Å². The average molecular weight is 306 g/mol. The van der Waals surface area contributed by atoms with Crippen molar-refractivity contribution in [2.24, 2.45) is 5.73 Å². The van der Waals surface area contributed by atoms with E-state index in [4.69, 9.17) is 5.73 Å². The minimum Gasteiger partial charge on any atom is -0.364 e. The van der Waals surface area contributed by atoms with Crippen molar-refractivity contribution in [2.45, 2.75) is 52.1 Å². The Balaban J connectivity index is 2.16. The fraction of sp³-hybridized carbons (Fsp3) is 0.625. The van der Waals surface area contributed by atoms with Crippen LogP contribution in [0.25, 0.3) is 0 Å². The number of carbonyl (C=O) groups excluding carboxylic acids is 2. The third-order valence-electron chi connectivity index (χ3n) is 4.52. The fourth-order valence-corrected chi connectivity index (χ4v) is 3.23. The zero-order chi connectivity index (χ0) is 16.4. The molecule has 1 aromatic heterocycles. The summed E-state index contributed by atoms with van der Waals surface area (Å²) >= 11 is 0. The highest BCUT2D eigenvalue weighted by Gasteiger charge is 2.30. The van der Waals surface area contributed by atoms with Crippen LogP contribution in [-0.4, -0.2) is 46.9 Å². The van der Waals surface area contributed by atoms with E-state index in [1.54, 1.807) is 6.20 Å². The minimum absolute atomic E-state index is 0.102. The maximum atomic E-state index is 12.8. The van der Waals surface area contributed by atoms with Crippen LogP contribution in [0.3, 0.4) is 0 Å². The molecule has 3 unspecified atom stereocenters. The molecular formula is C16H26N4O2. The van der Waals surface area contributed by atoms with Gasteiger partial charge >= 0.3 is 0 Å². The zero-order valence-electron chi connectivity index (χ0n) is 13.8. The molecule has 0 spiro atoms. The van der Waals surface area contributed by atoms with E-state index >= 15 is 0 Å². The van der Waals surface area contributed by atoms with Crippen molar-refractivity contribution >= 4 is 11.8 Å². The molecule has 2 heterocycles. The first kappa shape index (κ1) is 16.5. The number of hydrogen-bond donors (Lipinski definition) is 3. The van der Waals surface area contributed by atoms with Crippen molar-refractivity contribution in [3.05, 3.63) is 23.0 Å². The summed E-state index contributed by atoms with van der Waals surface area (Å²) in [5.74, 6) is -0.678. The third-order valence-corrected chi connectivity index (χ3v) is 4.52. The van der Waals surface area contributed by atoms with Crippen molar-refractivity contribution in [3.8, 4) is 0 Å². The number of primary amides is 1. The highest BCUT2D eigenvalue weighted by molar-refractivity contribution is 5.93. The molecule has 1 fully saturated rings. The third kappa shape index (κ3) is 3.16. The number of hydrogen-bond acceptors (Lipinski definition) is 3. The van der Waals surface area contributed by atoms with Crippen LogP contribution in [0.1, 0.15) is 54.7 Å². The highest BCUT2D eigenvalue weighted by atomic mass is 16.2. The Morgan fingerprint density at radius 3 is 2.68 bits per heavy atom. The number of aromatic amines is 1. The van der Waals surface area contributed by atoms with Gasteiger partial charge in [0.05, 0.1) is 5.92 Å². The Morgan fingerprint density at radius 2 is 2.14 bits per heavy atom. The molecule has 22 heavy (non-hydrogen) atoms. The normalized spacial score (nSPS) is 23.4. The Kier molecular flexibility index (Phi) is 4.90. The number of carbonyl (C=O) groups is 2. The van der Waals surface area contributed by atoms with E-state index in [2.05, 4.69) is 24.1 Å². The first-order chi connectivity index (χ1) is 10.3. The van der Waals surface area contributed by atoms with E-state index in [1.807, 2.05) is 18.7 Å². The monoisotopic (exact) mass is 306 g/mol. The predicted molar refractivity (Wildman–Crippen MR) is 85.7 cm³/mol. The van der Waals surface area contributed by atoms with E-state index in [0.29, 0.717) is 24.3 Å². The molecule has 1 aromatic rings. The molecule has 0 radical (unpaired) electrons. The van der Waals surface area contributed by atoms with Crippen LogP contribution in [0.2, 0.25) is 0 Å². The number of piperazine rings is 1. The zero-order valence-corrected chi connectivity index (χ0v) is 13.8.